The van der Waals surface area contributed by atoms with E-state index in [1.807, 2.05) is 6.07 Å². The van der Waals surface area contributed by atoms with E-state index in [4.69, 9.17) is 10.5 Å². The lowest BCUT2D eigenvalue weighted by Gasteiger charge is -2.11. The fraction of sp³-hybridized carbons (Fsp3) is 0.500. The molecule has 0 spiro atoms. The van der Waals surface area contributed by atoms with Crippen molar-refractivity contribution in [2.75, 3.05) is 7.11 Å². The molecule has 2 rings (SSSR count). The zero-order valence-corrected chi connectivity index (χ0v) is 8.99. The molecule has 15 heavy (non-hydrogen) atoms. The van der Waals surface area contributed by atoms with Crippen molar-refractivity contribution >= 4 is 0 Å². The van der Waals surface area contributed by atoms with E-state index in [0.29, 0.717) is 0 Å². The van der Waals surface area contributed by atoms with Crippen molar-refractivity contribution in [3.05, 3.63) is 23.8 Å². The topological polar surface area (TPSA) is 55.5 Å². The highest BCUT2D eigenvalue weighted by Gasteiger charge is 2.37. The molecule has 0 bridgehead atoms. The van der Waals surface area contributed by atoms with Crippen LogP contribution in [0.1, 0.15) is 24.8 Å². The summed E-state index contributed by atoms with van der Waals surface area (Å²) >= 11 is 0. The molecule has 0 aromatic heterocycles. The van der Waals surface area contributed by atoms with E-state index in [9.17, 15) is 5.11 Å². The molecule has 1 aliphatic rings. The first-order chi connectivity index (χ1) is 7.13. The molecular weight excluding hydrogens is 190 g/mol. The van der Waals surface area contributed by atoms with E-state index in [2.05, 4.69) is 0 Å². The first kappa shape index (κ1) is 10.3. The van der Waals surface area contributed by atoms with Gasteiger partial charge < -0.3 is 15.6 Å². The van der Waals surface area contributed by atoms with E-state index < -0.39 is 0 Å². The summed E-state index contributed by atoms with van der Waals surface area (Å²) < 4.78 is 5.21. The van der Waals surface area contributed by atoms with Gasteiger partial charge in [-0.1, -0.05) is 6.07 Å². The molecule has 1 aromatic carbocycles. The largest absolute Gasteiger partial charge is 0.508 e. The standard InChI is InChI=1S/C12H17NO2/c1-15-11-8-10(14)3-2-9(11)4-5-12(13)6-7-12/h2-3,8,14H,4-7,13H2,1H3. The molecule has 0 saturated heterocycles. The number of hydrogen-bond acceptors (Lipinski definition) is 3. The van der Waals surface area contributed by atoms with Gasteiger partial charge in [0.25, 0.3) is 0 Å². The van der Waals surface area contributed by atoms with Crippen LogP contribution in [-0.4, -0.2) is 17.8 Å². The van der Waals surface area contributed by atoms with E-state index in [1.54, 1.807) is 19.2 Å². The molecule has 1 saturated carbocycles. The van der Waals surface area contributed by atoms with Gasteiger partial charge in [0.2, 0.25) is 0 Å². The molecule has 0 amide bonds. The predicted molar refractivity (Wildman–Crippen MR) is 59.1 cm³/mol. The normalized spacial score (nSPS) is 17.5. The average Bonchev–Trinajstić information content (AvgIpc) is 2.95. The molecule has 82 valence electrons. The van der Waals surface area contributed by atoms with Crippen molar-refractivity contribution in [2.24, 2.45) is 5.73 Å². The van der Waals surface area contributed by atoms with Crippen LogP contribution in [0.15, 0.2) is 18.2 Å². The Kier molecular flexibility index (Phi) is 2.57. The maximum absolute atomic E-state index is 9.30. The van der Waals surface area contributed by atoms with Crippen LogP contribution in [0, 0.1) is 0 Å². The Morgan fingerprint density at radius 3 is 2.80 bits per heavy atom. The fourth-order valence-electron chi connectivity index (χ4n) is 1.73. The van der Waals surface area contributed by atoms with Crippen molar-refractivity contribution in [3.8, 4) is 11.5 Å². The van der Waals surface area contributed by atoms with Crippen LogP contribution in [0.25, 0.3) is 0 Å². The van der Waals surface area contributed by atoms with Crippen LogP contribution in [0.2, 0.25) is 0 Å². The number of rotatable bonds is 4. The first-order valence-electron chi connectivity index (χ1n) is 5.28. The molecule has 3 nitrogen and oxygen atoms in total. The Balaban J connectivity index is 2.06. The Labute approximate surface area is 89.9 Å². The van der Waals surface area contributed by atoms with Gasteiger partial charge in [0.05, 0.1) is 7.11 Å². The number of aryl methyl sites for hydroxylation is 1. The Morgan fingerprint density at radius 2 is 2.20 bits per heavy atom. The number of benzene rings is 1. The van der Waals surface area contributed by atoms with Gasteiger partial charge in [-0.05, 0) is 37.3 Å². The summed E-state index contributed by atoms with van der Waals surface area (Å²) in [5.41, 5.74) is 7.22. The lowest BCUT2D eigenvalue weighted by Crippen LogP contribution is -2.22. The van der Waals surface area contributed by atoms with Gasteiger partial charge in [-0.25, -0.2) is 0 Å². The number of methoxy groups -OCH3 is 1. The van der Waals surface area contributed by atoms with E-state index >= 15 is 0 Å². The van der Waals surface area contributed by atoms with Crippen molar-refractivity contribution < 1.29 is 9.84 Å². The minimum Gasteiger partial charge on any atom is -0.508 e. The summed E-state index contributed by atoms with van der Waals surface area (Å²) in [5, 5.41) is 9.30. The third kappa shape index (κ3) is 2.42. The molecule has 0 aliphatic heterocycles. The lowest BCUT2D eigenvalue weighted by molar-refractivity contribution is 0.401. The van der Waals surface area contributed by atoms with E-state index in [0.717, 1.165) is 37.0 Å². The van der Waals surface area contributed by atoms with Crippen molar-refractivity contribution in [2.45, 2.75) is 31.2 Å². The van der Waals surface area contributed by atoms with E-state index in [-0.39, 0.29) is 11.3 Å². The second-order valence-corrected chi connectivity index (χ2v) is 4.36. The van der Waals surface area contributed by atoms with Crippen LogP contribution >= 0.6 is 0 Å². The second-order valence-electron chi connectivity index (χ2n) is 4.36. The molecule has 0 atom stereocenters. The van der Waals surface area contributed by atoms with Crippen molar-refractivity contribution in [1.82, 2.24) is 0 Å². The smallest absolute Gasteiger partial charge is 0.125 e. The SMILES string of the molecule is COc1cc(O)ccc1CCC1(N)CC1. The lowest BCUT2D eigenvalue weighted by atomic mass is 10.0. The van der Waals surface area contributed by atoms with Gasteiger partial charge in [0.1, 0.15) is 11.5 Å². The van der Waals surface area contributed by atoms with Gasteiger partial charge in [-0.15, -0.1) is 0 Å². The van der Waals surface area contributed by atoms with Crippen molar-refractivity contribution in [3.63, 3.8) is 0 Å². The molecular formula is C12H17NO2. The molecule has 0 heterocycles. The Morgan fingerprint density at radius 1 is 1.47 bits per heavy atom. The Hall–Kier alpha value is -1.22. The van der Waals surface area contributed by atoms with Gasteiger partial charge in [0, 0.05) is 11.6 Å². The van der Waals surface area contributed by atoms with Crippen molar-refractivity contribution in [1.29, 1.82) is 0 Å². The summed E-state index contributed by atoms with van der Waals surface area (Å²) in [6.45, 7) is 0. The molecule has 3 heteroatoms. The highest BCUT2D eigenvalue weighted by Crippen LogP contribution is 2.37. The first-order valence-corrected chi connectivity index (χ1v) is 5.28. The highest BCUT2D eigenvalue weighted by molar-refractivity contribution is 5.40. The molecule has 0 unspecified atom stereocenters. The zero-order chi connectivity index (χ0) is 10.9. The molecule has 1 fully saturated rings. The van der Waals surface area contributed by atoms with Crippen LogP contribution in [0.3, 0.4) is 0 Å². The third-order valence-corrected chi connectivity index (χ3v) is 3.06. The van der Waals surface area contributed by atoms with Gasteiger partial charge in [0.15, 0.2) is 0 Å². The number of aromatic hydroxyl groups is 1. The highest BCUT2D eigenvalue weighted by atomic mass is 16.5. The maximum Gasteiger partial charge on any atom is 0.125 e. The molecule has 3 N–H and O–H groups in total. The zero-order valence-electron chi connectivity index (χ0n) is 8.99. The molecule has 1 aliphatic carbocycles. The van der Waals surface area contributed by atoms with Gasteiger partial charge in [-0.2, -0.15) is 0 Å². The van der Waals surface area contributed by atoms with E-state index in [1.165, 1.54) is 0 Å². The second kappa shape index (κ2) is 3.74. The van der Waals surface area contributed by atoms with Gasteiger partial charge in [-0.3, -0.25) is 0 Å². The van der Waals surface area contributed by atoms with Crippen LogP contribution in [0.4, 0.5) is 0 Å². The average molecular weight is 207 g/mol. The number of ether oxygens (including phenoxy) is 1. The van der Waals surface area contributed by atoms with Gasteiger partial charge >= 0.3 is 0 Å². The molecule has 1 aromatic rings. The van der Waals surface area contributed by atoms with Crippen LogP contribution in [-0.2, 0) is 6.42 Å². The number of hydrogen-bond donors (Lipinski definition) is 2. The maximum atomic E-state index is 9.30. The summed E-state index contributed by atoms with van der Waals surface area (Å²) in [5.74, 6) is 0.990. The number of phenols is 1. The minimum atomic E-state index is 0.0723. The molecule has 0 radical (unpaired) electrons. The van der Waals surface area contributed by atoms with Crippen LogP contribution in [0.5, 0.6) is 11.5 Å². The Bertz CT molecular complexity index is 359. The predicted octanol–water partition coefficient (Wildman–Crippen LogP) is 1.82. The number of phenolic OH excluding ortho intramolecular Hbond substituents is 1. The minimum absolute atomic E-state index is 0.0723. The van der Waals surface area contributed by atoms with Crippen LogP contribution < -0.4 is 10.5 Å². The quantitative estimate of drug-likeness (QED) is 0.791. The monoisotopic (exact) mass is 207 g/mol. The summed E-state index contributed by atoms with van der Waals surface area (Å²) in [4.78, 5) is 0. The summed E-state index contributed by atoms with van der Waals surface area (Å²) in [7, 11) is 1.62. The summed E-state index contributed by atoms with van der Waals surface area (Å²) in [6, 6.07) is 5.24. The third-order valence-electron chi connectivity index (χ3n) is 3.06. The summed E-state index contributed by atoms with van der Waals surface area (Å²) in [6.07, 6.45) is 4.18. The fourth-order valence-corrected chi connectivity index (χ4v) is 1.73. The number of nitrogens with two attached hydrogens (primary N) is 1.